The van der Waals surface area contributed by atoms with Gasteiger partial charge in [-0.1, -0.05) is 0 Å². The fraction of sp³-hybridized carbons (Fsp3) is 0.500. The number of rotatable bonds is 1. The number of amides is 1. The van der Waals surface area contributed by atoms with Crippen LogP contribution in [0.4, 0.5) is 0 Å². The van der Waals surface area contributed by atoms with Crippen LogP contribution in [0.2, 0.25) is 0 Å². The normalized spacial score (nSPS) is 17.2. The van der Waals surface area contributed by atoms with Gasteiger partial charge in [-0.15, -0.1) is 0 Å². The standard InChI is InChI=1S/C12H16BrN3O/c1-9-7-10(13)11(14-8-9)12(17)16-5-3-15(2)4-6-16/h7-8H,3-6H2,1-2H3. The molecule has 2 rings (SSSR count). The van der Waals surface area contributed by atoms with E-state index in [0.29, 0.717) is 5.69 Å². The molecule has 0 saturated carbocycles. The van der Waals surface area contributed by atoms with Crippen LogP contribution in [0.25, 0.3) is 0 Å². The monoisotopic (exact) mass is 297 g/mol. The Morgan fingerprint density at radius 2 is 2.00 bits per heavy atom. The van der Waals surface area contributed by atoms with E-state index >= 15 is 0 Å². The fourth-order valence-electron chi connectivity index (χ4n) is 1.85. The zero-order chi connectivity index (χ0) is 12.4. The van der Waals surface area contributed by atoms with Crippen LogP contribution in [0, 0.1) is 6.92 Å². The van der Waals surface area contributed by atoms with Crippen molar-refractivity contribution in [3.63, 3.8) is 0 Å². The van der Waals surface area contributed by atoms with Crippen LogP contribution in [0.1, 0.15) is 16.1 Å². The van der Waals surface area contributed by atoms with Gasteiger partial charge in [-0.25, -0.2) is 4.98 Å². The summed E-state index contributed by atoms with van der Waals surface area (Å²) in [5.41, 5.74) is 1.56. The van der Waals surface area contributed by atoms with Gasteiger partial charge in [-0.3, -0.25) is 4.79 Å². The molecule has 17 heavy (non-hydrogen) atoms. The van der Waals surface area contributed by atoms with Crippen molar-refractivity contribution in [3.05, 3.63) is 28.0 Å². The van der Waals surface area contributed by atoms with E-state index in [9.17, 15) is 4.79 Å². The predicted octanol–water partition coefficient (Wildman–Crippen LogP) is 1.54. The number of halogens is 1. The van der Waals surface area contributed by atoms with E-state index < -0.39 is 0 Å². The lowest BCUT2D eigenvalue weighted by Gasteiger charge is -2.32. The molecule has 0 unspecified atom stereocenters. The molecule has 92 valence electrons. The molecular weight excluding hydrogens is 282 g/mol. The largest absolute Gasteiger partial charge is 0.335 e. The minimum atomic E-state index is 0.0185. The lowest BCUT2D eigenvalue weighted by Crippen LogP contribution is -2.47. The van der Waals surface area contributed by atoms with Crippen LogP contribution in [0.15, 0.2) is 16.7 Å². The molecule has 1 saturated heterocycles. The molecule has 0 N–H and O–H groups in total. The third-order valence-electron chi connectivity index (χ3n) is 2.97. The molecule has 0 aliphatic carbocycles. The first-order chi connectivity index (χ1) is 8.08. The summed E-state index contributed by atoms with van der Waals surface area (Å²) in [6, 6.07) is 1.93. The molecular formula is C12H16BrN3O. The number of carbonyl (C=O) groups excluding carboxylic acids is 1. The summed E-state index contributed by atoms with van der Waals surface area (Å²) < 4.78 is 0.779. The van der Waals surface area contributed by atoms with Gasteiger partial charge >= 0.3 is 0 Å². The van der Waals surface area contributed by atoms with Gasteiger partial charge < -0.3 is 9.80 Å². The molecule has 1 amide bonds. The molecule has 1 aliphatic heterocycles. The number of pyridine rings is 1. The van der Waals surface area contributed by atoms with E-state index in [0.717, 1.165) is 36.2 Å². The van der Waals surface area contributed by atoms with Crippen molar-refractivity contribution in [2.75, 3.05) is 33.2 Å². The molecule has 1 fully saturated rings. The van der Waals surface area contributed by atoms with Crippen LogP contribution < -0.4 is 0 Å². The smallest absolute Gasteiger partial charge is 0.273 e. The summed E-state index contributed by atoms with van der Waals surface area (Å²) >= 11 is 3.41. The zero-order valence-electron chi connectivity index (χ0n) is 10.1. The highest BCUT2D eigenvalue weighted by molar-refractivity contribution is 9.10. The Morgan fingerprint density at radius 1 is 1.35 bits per heavy atom. The number of nitrogens with zero attached hydrogens (tertiary/aromatic N) is 3. The Balaban J connectivity index is 2.14. The molecule has 1 aromatic rings. The highest BCUT2D eigenvalue weighted by Gasteiger charge is 2.22. The third-order valence-corrected chi connectivity index (χ3v) is 3.58. The molecule has 0 aromatic carbocycles. The zero-order valence-corrected chi connectivity index (χ0v) is 11.7. The quantitative estimate of drug-likeness (QED) is 0.789. The summed E-state index contributed by atoms with van der Waals surface area (Å²) in [7, 11) is 2.07. The summed E-state index contributed by atoms with van der Waals surface area (Å²) in [4.78, 5) is 20.6. The molecule has 1 aromatic heterocycles. The van der Waals surface area contributed by atoms with Crippen molar-refractivity contribution in [2.45, 2.75) is 6.92 Å². The summed E-state index contributed by atoms with van der Waals surface area (Å²) in [6.45, 7) is 5.36. The highest BCUT2D eigenvalue weighted by Crippen LogP contribution is 2.18. The SMILES string of the molecule is Cc1cnc(C(=O)N2CCN(C)CC2)c(Br)c1. The topological polar surface area (TPSA) is 36.4 Å². The molecule has 0 spiro atoms. The van der Waals surface area contributed by atoms with Crippen molar-refractivity contribution in [3.8, 4) is 0 Å². The van der Waals surface area contributed by atoms with Crippen LogP contribution in [0.5, 0.6) is 0 Å². The van der Waals surface area contributed by atoms with Crippen molar-refractivity contribution in [1.82, 2.24) is 14.8 Å². The van der Waals surface area contributed by atoms with Crippen molar-refractivity contribution < 1.29 is 4.79 Å². The Kier molecular flexibility index (Phi) is 3.79. The Labute approximate surface area is 110 Å². The van der Waals surface area contributed by atoms with Crippen LogP contribution in [-0.4, -0.2) is 53.9 Å². The Morgan fingerprint density at radius 3 is 2.59 bits per heavy atom. The third kappa shape index (κ3) is 2.84. The van der Waals surface area contributed by atoms with Gasteiger partial charge in [0.1, 0.15) is 5.69 Å². The van der Waals surface area contributed by atoms with Gasteiger partial charge in [0.05, 0.1) is 0 Å². The number of aromatic nitrogens is 1. The van der Waals surface area contributed by atoms with Gasteiger partial charge in [0, 0.05) is 36.8 Å². The van der Waals surface area contributed by atoms with E-state index in [1.54, 1.807) is 6.20 Å². The molecule has 0 bridgehead atoms. The van der Waals surface area contributed by atoms with Crippen LogP contribution in [-0.2, 0) is 0 Å². The van der Waals surface area contributed by atoms with Gasteiger partial charge in [0.25, 0.3) is 5.91 Å². The average molecular weight is 298 g/mol. The van der Waals surface area contributed by atoms with E-state index in [-0.39, 0.29) is 5.91 Å². The predicted molar refractivity (Wildman–Crippen MR) is 70.1 cm³/mol. The molecule has 1 aliphatic rings. The maximum atomic E-state index is 12.3. The fourth-order valence-corrected chi connectivity index (χ4v) is 2.48. The van der Waals surface area contributed by atoms with Crippen LogP contribution >= 0.6 is 15.9 Å². The van der Waals surface area contributed by atoms with Crippen molar-refractivity contribution >= 4 is 21.8 Å². The molecule has 0 radical (unpaired) electrons. The second-order valence-corrected chi connectivity index (χ2v) is 5.29. The second-order valence-electron chi connectivity index (χ2n) is 4.44. The molecule has 0 atom stereocenters. The number of hydrogen-bond acceptors (Lipinski definition) is 3. The number of hydrogen-bond donors (Lipinski definition) is 0. The summed E-state index contributed by atoms with van der Waals surface area (Å²) in [6.07, 6.45) is 1.73. The van der Waals surface area contributed by atoms with E-state index in [4.69, 9.17) is 0 Å². The van der Waals surface area contributed by atoms with E-state index in [1.807, 2.05) is 17.9 Å². The first-order valence-electron chi connectivity index (χ1n) is 5.68. The van der Waals surface area contributed by atoms with Gasteiger partial charge in [0.2, 0.25) is 0 Å². The highest BCUT2D eigenvalue weighted by atomic mass is 79.9. The summed E-state index contributed by atoms with van der Waals surface area (Å²) in [5.74, 6) is 0.0185. The van der Waals surface area contributed by atoms with Crippen molar-refractivity contribution in [1.29, 1.82) is 0 Å². The number of carbonyl (C=O) groups is 1. The minimum absolute atomic E-state index is 0.0185. The van der Waals surface area contributed by atoms with E-state index in [2.05, 4.69) is 32.9 Å². The molecule has 4 nitrogen and oxygen atoms in total. The Hall–Kier alpha value is -0.940. The Bertz CT molecular complexity index is 428. The maximum absolute atomic E-state index is 12.3. The average Bonchev–Trinajstić information content (AvgIpc) is 2.29. The maximum Gasteiger partial charge on any atom is 0.273 e. The van der Waals surface area contributed by atoms with Gasteiger partial charge in [-0.2, -0.15) is 0 Å². The van der Waals surface area contributed by atoms with Crippen LogP contribution in [0.3, 0.4) is 0 Å². The number of likely N-dealkylation sites (N-methyl/N-ethyl adjacent to an activating group) is 1. The van der Waals surface area contributed by atoms with E-state index in [1.165, 1.54) is 0 Å². The minimum Gasteiger partial charge on any atom is -0.335 e. The first kappa shape index (κ1) is 12.5. The van der Waals surface area contributed by atoms with Gasteiger partial charge in [-0.05, 0) is 41.5 Å². The number of aryl methyl sites for hydroxylation is 1. The molecule has 5 heteroatoms. The number of piperazine rings is 1. The second kappa shape index (κ2) is 5.14. The van der Waals surface area contributed by atoms with Crippen molar-refractivity contribution in [2.24, 2.45) is 0 Å². The molecule has 2 heterocycles. The lowest BCUT2D eigenvalue weighted by molar-refractivity contribution is 0.0657. The van der Waals surface area contributed by atoms with Gasteiger partial charge in [0.15, 0.2) is 0 Å². The first-order valence-corrected chi connectivity index (χ1v) is 6.47. The lowest BCUT2D eigenvalue weighted by atomic mass is 10.2. The summed E-state index contributed by atoms with van der Waals surface area (Å²) in [5, 5.41) is 0.